The minimum absolute atomic E-state index is 0. The van der Waals surface area contributed by atoms with Gasteiger partial charge in [0, 0.05) is 0 Å². The highest BCUT2D eigenvalue weighted by Gasteiger charge is 2.06. The number of hydrogen-bond donors (Lipinski definition) is 2. The highest BCUT2D eigenvalue weighted by atomic mass is 35.5. The molecule has 1 rings (SSSR count). The van der Waals surface area contributed by atoms with E-state index in [1.165, 1.54) is 0 Å². The fraction of sp³-hybridized carbons (Fsp3) is 0.222. The van der Waals surface area contributed by atoms with E-state index in [1.54, 1.807) is 19.2 Å². The molecule has 0 radical (unpaired) electrons. The molecule has 0 aliphatic heterocycles. The van der Waals surface area contributed by atoms with Crippen molar-refractivity contribution in [3.8, 4) is 5.75 Å². The number of halogens is 1. The van der Waals surface area contributed by atoms with Crippen LogP contribution >= 0.6 is 0 Å². The lowest BCUT2D eigenvalue weighted by Crippen LogP contribution is -3.00. The molecule has 1 amide bonds. The molecule has 84 valence electrons. The standard InChI is InChI=1S/C9H12N2O3.ClH/c1-13-8-5-3-2-4-7(8)11-9(12)6-14-10;/h2-5H,6H2,1,10H3;1H. The SMILES string of the molecule is COc1ccccc1NC(=O)CO[NH3+].[Cl-]. The summed E-state index contributed by atoms with van der Waals surface area (Å²) in [5.74, 6) is 3.47. The maximum absolute atomic E-state index is 11.1. The molecule has 0 aromatic heterocycles. The predicted molar refractivity (Wildman–Crippen MR) is 50.5 cm³/mol. The Balaban J connectivity index is 0.00000196. The lowest BCUT2D eigenvalue weighted by atomic mass is 10.3. The predicted octanol–water partition coefficient (Wildman–Crippen LogP) is -3.19. The van der Waals surface area contributed by atoms with Gasteiger partial charge in [0.25, 0.3) is 5.91 Å². The maximum atomic E-state index is 11.1. The highest BCUT2D eigenvalue weighted by Crippen LogP contribution is 2.22. The number of amides is 1. The first-order chi connectivity index (χ1) is 6.77. The van der Waals surface area contributed by atoms with Crippen molar-refractivity contribution in [2.24, 2.45) is 0 Å². The van der Waals surface area contributed by atoms with Gasteiger partial charge in [0.2, 0.25) is 0 Å². The summed E-state index contributed by atoms with van der Waals surface area (Å²) in [4.78, 5) is 15.6. The highest BCUT2D eigenvalue weighted by molar-refractivity contribution is 5.93. The van der Waals surface area contributed by atoms with Crippen LogP contribution < -0.4 is 28.4 Å². The summed E-state index contributed by atoms with van der Waals surface area (Å²) in [6, 6.07) is 7.15. The van der Waals surface area contributed by atoms with Crippen molar-refractivity contribution >= 4 is 11.6 Å². The number of carbonyl (C=O) groups excluding carboxylic acids is 1. The maximum Gasteiger partial charge on any atom is 0.256 e. The molecule has 1 aromatic carbocycles. The van der Waals surface area contributed by atoms with Gasteiger partial charge >= 0.3 is 0 Å². The number of benzene rings is 1. The molecule has 0 unspecified atom stereocenters. The number of carbonyl (C=O) groups is 1. The number of hydrogen-bond acceptors (Lipinski definition) is 3. The Morgan fingerprint density at radius 1 is 1.47 bits per heavy atom. The first kappa shape index (κ1) is 13.7. The van der Waals surface area contributed by atoms with Crippen LogP contribution in [0.5, 0.6) is 5.75 Å². The molecular formula is C9H13ClN2O3. The fourth-order valence-electron chi connectivity index (χ4n) is 1.03. The van der Waals surface area contributed by atoms with Crippen molar-refractivity contribution in [3.63, 3.8) is 0 Å². The lowest BCUT2D eigenvalue weighted by molar-refractivity contribution is -0.685. The number of nitrogens with one attached hydrogen (secondary N) is 1. The largest absolute Gasteiger partial charge is 1.00 e. The second-order valence-electron chi connectivity index (χ2n) is 2.60. The van der Waals surface area contributed by atoms with Crippen molar-refractivity contribution in [1.29, 1.82) is 0 Å². The number of ether oxygens (including phenoxy) is 1. The molecule has 0 heterocycles. The van der Waals surface area contributed by atoms with E-state index in [9.17, 15) is 4.79 Å². The summed E-state index contributed by atoms with van der Waals surface area (Å²) in [6.45, 7) is -0.0714. The molecule has 0 saturated heterocycles. The van der Waals surface area contributed by atoms with Gasteiger partial charge in [-0.2, -0.15) is 4.84 Å². The minimum atomic E-state index is -0.260. The van der Waals surface area contributed by atoms with Gasteiger partial charge in [-0.3, -0.25) is 4.79 Å². The summed E-state index contributed by atoms with van der Waals surface area (Å²) < 4.78 is 5.05. The van der Waals surface area contributed by atoms with E-state index < -0.39 is 0 Å². The molecule has 5 nitrogen and oxygen atoms in total. The van der Waals surface area contributed by atoms with Crippen molar-refractivity contribution in [2.45, 2.75) is 0 Å². The molecule has 0 bridgehead atoms. The van der Waals surface area contributed by atoms with E-state index in [1.807, 2.05) is 12.1 Å². The van der Waals surface area contributed by atoms with Gasteiger partial charge in [0.1, 0.15) is 5.75 Å². The number of quaternary nitrogens is 1. The number of anilines is 1. The van der Waals surface area contributed by atoms with Gasteiger partial charge in [-0.25, -0.2) is 5.90 Å². The molecule has 0 aliphatic rings. The summed E-state index contributed by atoms with van der Waals surface area (Å²) >= 11 is 0. The molecule has 0 aliphatic carbocycles. The van der Waals surface area contributed by atoms with Crippen LogP contribution in [0, 0.1) is 0 Å². The number of methoxy groups -OCH3 is 1. The van der Waals surface area contributed by atoms with Crippen LogP contribution in [0.1, 0.15) is 0 Å². The average molecular weight is 233 g/mol. The quantitative estimate of drug-likeness (QED) is 0.538. The van der Waals surface area contributed by atoms with Crippen molar-refractivity contribution in [3.05, 3.63) is 24.3 Å². The van der Waals surface area contributed by atoms with E-state index in [-0.39, 0.29) is 24.9 Å². The van der Waals surface area contributed by atoms with Crippen LogP contribution in [0.4, 0.5) is 5.69 Å². The Bertz CT molecular complexity index is 320. The normalized spacial score (nSPS) is 8.93. The Hall–Kier alpha value is -1.30. The molecule has 0 fully saturated rings. The van der Waals surface area contributed by atoms with Crippen LogP contribution in [0.15, 0.2) is 24.3 Å². The molecular weight excluding hydrogens is 220 g/mol. The Morgan fingerprint density at radius 2 is 2.13 bits per heavy atom. The third-order valence-electron chi connectivity index (χ3n) is 1.61. The minimum Gasteiger partial charge on any atom is -1.00 e. The monoisotopic (exact) mass is 232 g/mol. The second kappa shape index (κ2) is 7.05. The van der Waals surface area contributed by atoms with E-state index in [2.05, 4.69) is 16.1 Å². The fourth-order valence-corrected chi connectivity index (χ4v) is 1.03. The molecule has 4 N–H and O–H groups in total. The first-order valence-corrected chi connectivity index (χ1v) is 4.07. The number of para-hydroxylation sites is 2. The van der Waals surface area contributed by atoms with E-state index in [0.29, 0.717) is 11.4 Å². The third kappa shape index (κ3) is 4.16. The van der Waals surface area contributed by atoms with Gasteiger partial charge in [-0.15, -0.1) is 0 Å². The Morgan fingerprint density at radius 3 is 2.73 bits per heavy atom. The van der Waals surface area contributed by atoms with Crippen LogP contribution in [-0.4, -0.2) is 19.6 Å². The van der Waals surface area contributed by atoms with E-state index in [0.717, 1.165) is 0 Å². The van der Waals surface area contributed by atoms with Crippen LogP contribution in [0.3, 0.4) is 0 Å². The lowest BCUT2D eigenvalue weighted by Gasteiger charge is -2.08. The van der Waals surface area contributed by atoms with E-state index in [4.69, 9.17) is 4.74 Å². The van der Waals surface area contributed by atoms with Gasteiger partial charge in [0.05, 0.1) is 12.8 Å². The van der Waals surface area contributed by atoms with Crippen molar-refractivity contribution in [2.75, 3.05) is 19.0 Å². The molecule has 0 saturated carbocycles. The van der Waals surface area contributed by atoms with Crippen LogP contribution in [-0.2, 0) is 9.63 Å². The zero-order valence-electron chi connectivity index (χ0n) is 8.33. The smallest absolute Gasteiger partial charge is 0.256 e. The van der Waals surface area contributed by atoms with Gasteiger partial charge in [0.15, 0.2) is 6.61 Å². The molecule has 6 heteroatoms. The number of rotatable bonds is 4. The van der Waals surface area contributed by atoms with Crippen molar-refractivity contribution in [1.82, 2.24) is 0 Å². The summed E-state index contributed by atoms with van der Waals surface area (Å²) in [6.07, 6.45) is 0. The van der Waals surface area contributed by atoms with Gasteiger partial charge in [-0.1, -0.05) is 12.1 Å². The first-order valence-electron chi connectivity index (χ1n) is 4.07. The van der Waals surface area contributed by atoms with Gasteiger partial charge < -0.3 is 22.5 Å². The summed E-state index contributed by atoms with van der Waals surface area (Å²) in [5.41, 5.74) is 0.622. The van der Waals surface area contributed by atoms with Crippen LogP contribution in [0.25, 0.3) is 0 Å². The molecule has 0 spiro atoms. The summed E-state index contributed by atoms with van der Waals surface area (Å²) in [5, 5.41) is 2.63. The van der Waals surface area contributed by atoms with Crippen molar-refractivity contribution < 1.29 is 32.7 Å². The summed E-state index contributed by atoms with van der Waals surface area (Å²) in [7, 11) is 1.54. The molecule has 1 aromatic rings. The molecule has 0 atom stereocenters. The van der Waals surface area contributed by atoms with E-state index >= 15 is 0 Å². The Labute approximate surface area is 93.9 Å². The topological polar surface area (TPSA) is 75.2 Å². The Kier molecular flexibility index (Phi) is 6.44. The second-order valence-corrected chi connectivity index (χ2v) is 2.60. The zero-order chi connectivity index (χ0) is 10.4. The molecule has 15 heavy (non-hydrogen) atoms. The average Bonchev–Trinajstić information content (AvgIpc) is 2.19. The van der Waals surface area contributed by atoms with Gasteiger partial charge in [-0.05, 0) is 12.1 Å². The van der Waals surface area contributed by atoms with Crippen LogP contribution in [0.2, 0.25) is 0 Å². The third-order valence-corrected chi connectivity index (χ3v) is 1.61. The zero-order valence-corrected chi connectivity index (χ0v) is 9.08.